The van der Waals surface area contributed by atoms with Gasteiger partial charge in [0.25, 0.3) is 0 Å². The van der Waals surface area contributed by atoms with Crippen LogP contribution in [0.25, 0.3) is 11.1 Å². The van der Waals surface area contributed by atoms with Crippen molar-refractivity contribution in [2.75, 3.05) is 12.3 Å². The van der Waals surface area contributed by atoms with Crippen molar-refractivity contribution in [1.29, 1.82) is 0 Å². The van der Waals surface area contributed by atoms with Crippen LogP contribution in [0.2, 0.25) is 0 Å². The Morgan fingerprint density at radius 1 is 1.00 bits per heavy atom. The monoisotopic (exact) mass is 464 g/mol. The van der Waals surface area contributed by atoms with Gasteiger partial charge in [-0.3, -0.25) is 4.79 Å². The molecular weight excluding hydrogens is 432 g/mol. The van der Waals surface area contributed by atoms with Crippen molar-refractivity contribution >= 4 is 23.6 Å². The number of allylic oxidation sites excluding steroid dienone is 1. The minimum absolute atomic E-state index is 0.238. The smallest absolute Gasteiger partial charge is 0.326 e. The molecule has 1 fully saturated rings. The molecule has 3 N–H and O–H groups in total. The summed E-state index contributed by atoms with van der Waals surface area (Å²) in [5.41, 5.74) is 9.55. The Labute approximate surface area is 200 Å². The summed E-state index contributed by atoms with van der Waals surface area (Å²) < 4.78 is -0.484. The number of carboxylic acids is 1. The summed E-state index contributed by atoms with van der Waals surface area (Å²) in [5.74, 6) is -0.418. The number of nitrogens with zero attached hydrogens (tertiary/aromatic N) is 1. The number of hydrogen-bond donors (Lipinski definition) is 2. The summed E-state index contributed by atoms with van der Waals surface area (Å²) in [6, 6.07) is 17.0. The van der Waals surface area contributed by atoms with Crippen LogP contribution >= 0.6 is 11.8 Å². The van der Waals surface area contributed by atoms with Gasteiger partial charge < -0.3 is 15.7 Å². The van der Waals surface area contributed by atoms with Crippen LogP contribution in [-0.4, -0.2) is 46.3 Å². The Kier molecular flexibility index (Phi) is 7.56. The molecule has 6 heteroatoms. The lowest BCUT2D eigenvalue weighted by molar-refractivity contribution is -0.148. The number of hydrogen-bond acceptors (Lipinski definition) is 4. The lowest BCUT2D eigenvalue weighted by atomic mass is 9.93. The number of benzene rings is 2. The Bertz CT molecular complexity index is 992. The molecule has 0 saturated carbocycles. The summed E-state index contributed by atoms with van der Waals surface area (Å²) >= 11 is 1.73. The Hall–Kier alpha value is -2.57. The van der Waals surface area contributed by atoms with Crippen LogP contribution in [0.15, 0.2) is 66.7 Å². The SMILES string of the molecule is N[C@H]1CCCCC/C=C/CS[C@@]2(c3ccc(-c4ccccc4)cc3)C[C@@H](C(=O)O)N(C2)C1=O. The molecule has 0 radical (unpaired) electrons. The molecule has 0 unspecified atom stereocenters. The van der Waals surface area contributed by atoms with E-state index in [9.17, 15) is 14.7 Å². The summed E-state index contributed by atoms with van der Waals surface area (Å²) in [7, 11) is 0. The predicted octanol–water partition coefficient (Wildman–Crippen LogP) is 4.82. The zero-order chi connectivity index (χ0) is 23.3. The zero-order valence-electron chi connectivity index (χ0n) is 18.9. The highest BCUT2D eigenvalue weighted by molar-refractivity contribution is 8.00. The van der Waals surface area contributed by atoms with Gasteiger partial charge in [-0.25, -0.2) is 4.79 Å². The van der Waals surface area contributed by atoms with Crippen LogP contribution in [0.5, 0.6) is 0 Å². The standard InChI is InChI=1S/C27H32N2O3S/c28-23-12-8-3-1-2-4-9-17-33-27(18-24(26(31)32)29(19-27)25(23)30)22-15-13-21(14-16-22)20-10-6-5-7-11-20/h4-7,9-11,13-16,23-24H,1-3,8,12,17-19,28H2,(H,31,32)/b9-4+/t23-,24-,27-/m0/s1. The minimum Gasteiger partial charge on any atom is -0.480 e. The van der Waals surface area contributed by atoms with Crippen molar-refractivity contribution in [1.82, 2.24) is 4.90 Å². The van der Waals surface area contributed by atoms with E-state index in [0.717, 1.165) is 48.1 Å². The highest BCUT2D eigenvalue weighted by Crippen LogP contribution is 2.47. The average molecular weight is 465 g/mol. The number of rotatable bonds is 3. The van der Waals surface area contributed by atoms with Gasteiger partial charge in [0.1, 0.15) is 6.04 Å². The number of thioether (sulfide) groups is 1. The fraction of sp³-hybridized carbons (Fsp3) is 0.407. The van der Waals surface area contributed by atoms with E-state index in [2.05, 4.69) is 48.6 Å². The van der Waals surface area contributed by atoms with E-state index >= 15 is 0 Å². The first-order valence-electron chi connectivity index (χ1n) is 11.7. The van der Waals surface area contributed by atoms with E-state index in [4.69, 9.17) is 5.73 Å². The molecule has 2 aliphatic heterocycles. The summed E-state index contributed by atoms with van der Waals surface area (Å²) in [4.78, 5) is 26.9. The maximum absolute atomic E-state index is 13.2. The molecule has 0 spiro atoms. The van der Waals surface area contributed by atoms with E-state index in [-0.39, 0.29) is 5.91 Å². The summed E-state index contributed by atoms with van der Waals surface area (Å²) in [5, 5.41) is 9.99. The predicted molar refractivity (Wildman–Crippen MR) is 134 cm³/mol. The molecule has 2 aromatic rings. The first-order valence-corrected chi connectivity index (χ1v) is 12.7. The minimum atomic E-state index is -0.959. The van der Waals surface area contributed by atoms with E-state index in [0.29, 0.717) is 19.4 Å². The molecule has 2 heterocycles. The van der Waals surface area contributed by atoms with Gasteiger partial charge >= 0.3 is 5.97 Å². The third-order valence-electron chi connectivity index (χ3n) is 6.74. The highest BCUT2D eigenvalue weighted by Gasteiger charge is 2.50. The molecule has 2 aliphatic rings. The van der Waals surface area contributed by atoms with Crippen LogP contribution in [-0.2, 0) is 14.3 Å². The van der Waals surface area contributed by atoms with Gasteiger partial charge in [-0.1, -0.05) is 79.6 Å². The Balaban J connectivity index is 1.69. The molecule has 0 aromatic heterocycles. The molecule has 3 atom stereocenters. The highest BCUT2D eigenvalue weighted by atomic mass is 32.2. The number of fused-ring (bicyclic) bond motifs is 2. The molecule has 1 saturated heterocycles. The number of aliphatic carboxylic acids is 1. The molecule has 1 amide bonds. The number of carbonyl (C=O) groups excluding carboxylic acids is 1. The van der Waals surface area contributed by atoms with Crippen LogP contribution in [0.4, 0.5) is 0 Å². The number of amides is 1. The quantitative estimate of drug-likeness (QED) is 0.637. The van der Waals surface area contributed by atoms with Gasteiger partial charge in [0, 0.05) is 12.3 Å². The lowest BCUT2D eigenvalue weighted by Crippen LogP contribution is -2.48. The van der Waals surface area contributed by atoms with Crippen molar-refractivity contribution in [3.8, 4) is 11.1 Å². The van der Waals surface area contributed by atoms with Crippen LogP contribution in [0.3, 0.4) is 0 Å². The Morgan fingerprint density at radius 2 is 1.73 bits per heavy atom. The third-order valence-corrected chi connectivity index (χ3v) is 8.18. The van der Waals surface area contributed by atoms with Crippen LogP contribution < -0.4 is 5.73 Å². The third kappa shape index (κ3) is 5.33. The lowest BCUT2D eigenvalue weighted by Gasteiger charge is -2.30. The second-order valence-corrected chi connectivity index (χ2v) is 10.4. The summed E-state index contributed by atoms with van der Waals surface area (Å²) in [6.07, 6.45) is 9.38. The van der Waals surface area contributed by atoms with Crippen molar-refractivity contribution in [2.45, 2.75) is 55.4 Å². The van der Waals surface area contributed by atoms with Gasteiger partial charge in [-0.2, -0.15) is 0 Å². The molecule has 2 aromatic carbocycles. The second kappa shape index (κ2) is 10.6. The molecule has 5 nitrogen and oxygen atoms in total. The van der Waals surface area contributed by atoms with Crippen molar-refractivity contribution in [3.63, 3.8) is 0 Å². The first kappa shape index (κ1) is 23.6. The van der Waals surface area contributed by atoms with Gasteiger partial charge in [0.2, 0.25) is 5.91 Å². The topological polar surface area (TPSA) is 83.6 Å². The largest absolute Gasteiger partial charge is 0.480 e. The number of carboxylic acid groups (broad SMARTS) is 1. The van der Waals surface area contributed by atoms with Crippen LogP contribution in [0, 0.1) is 0 Å². The molecule has 2 bridgehead atoms. The van der Waals surface area contributed by atoms with E-state index < -0.39 is 22.8 Å². The fourth-order valence-electron chi connectivity index (χ4n) is 4.85. The molecule has 174 valence electrons. The van der Waals surface area contributed by atoms with E-state index in [1.54, 1.807) is 11.8 Å². The maximum Gasteiger partial charge on any atom is 0.326 e. The van der Waals surface area contributed by atoms with Crippen molar-refractivity contribution in [2.24, 2.45) is 5.73 Å². The summed E-state index contributed by atoms with van der Waals surface area (Å²) in [6.45, 7) is 0.361. The average Bonchev–Trinajstić information content (AvgIpc) is 3.24. The molecular formula is C27H32N2O3S. The second-order valence-electron chi connectivity index (χ2n) is 8.99. The molecule has 33 heavy (non-hydrogen) atoms. The van der Waals surface area contributed by atoms with Crippen molar-refractivity contribution in [3.05, 3.63) is 72.3 Å². The van der Waals surface area contributed by atoms with Crippen molar-refractivity contribution < 1.29 is 14.7 Å². The zero-order valence-corrected chi connectivity index (χ0v) is 19.7. The molecule has 4 rings (SSSR count). The number of carbonyl (C=O) groups is 2. The van der Waals surface area contributed by atoms with Gasteiger partial charge in [0.05, 0.1) is 10.8 Å². The Morgan fingerprint density at radius 3 is 2.45 bits per heavy atom. The first-order chi connectivity index (χ1) is 16.0. The molecule has 0 aliphatic carbocycles. The van der Waals surface area contributed by atoms with Gasteiger partial charge in [-0.05, 0) is 42.4 Å². The number of nitrogens with two attached hydrogens (primary N) is 1. The van der Waals surface area contributed by atoms with Gasteiger partial charge in [-0.15, -0.1) is 11.8 Å². The van der Waals surface area contributed by atoms with E-state index in [1.165, 1.54) is 4.90 Å². The van der Waals surface area contributed by atoms with E-state index in [1.807, 2.05) is 18.2 Å². The van der Waals surface area contributed by atoms with Crippen LogP contribution in [0.1, 0.15) is 44.1 Å². The maximum atomic E-state index is 13.2. The van der Waals surface area contributed by atoms with Gasteiger partial charge in [0.15, 0.2) is 0 Å². The fourth-order valence-corrected chi connectivity index (χ4v) is 6.21. The normalized spacial score (nSPS) is 27.7.